The molecule has 3 aromatic heterocycles. The third-order valence-electron chi connectivity index (χ3n) is 4.17. The van der Waals surface area contributed by atoms with Crippen molar-refractivity contribution >= 4 is 27.3 Å². The number of fused-ring (bicyclic) bond motifs is 3. The van der Waals surface area contributed by atoms with Crippen molar-refractivity contribution < 1.29 is 0 Å². The normalized spacial score (nSPS) is 11.3. The lowest BCUT2D eigenvalue weighted by molar-refractivity contribution is 1.26. The molecule has 0 aliphatic rings. The Morgan fingerprint density at radius 2 is 1.67 bits per heavy atom. The second-order valence-corrected chi connectivity index (χ2v) is 6.47. The Balaban J connectivity index is 1.73. The second kappa shape index (κ2) is 5.28. The summed E-state index contributed by atoms with van der Waals surface area (Å²) in [4.78, 5) is 10.3. The van der Waals surface area contributed by atoms with Crippen molar-refractivity contribution in [1.29, 1.82) is 0 Å². The molecule has 114 valence electrons. The lowest BCUT2D eigenvalue weighted by atomic mass is 10.1. The van der Waals surface area contributed by atoms with Gasteiger partial charge in [-0.15, -0.1) is 11.3 Å². The van der Waals surface area contributed by atoms with Crippen LogP contribution in [-0.4, -0.2) is 14.4 Å². The number of nitrogens with zero attached hydrogens (tertiary/aromatic N) is 3. The first kappa shape index (κ1) is 13.5. The molecule has 4 heteroatoms. The third kappa shape index (κ3) is 2.04. The smallest absolute Gasteiger partial charge is 0.195 e. The molecule has 0 N–H and O–H groups in total. The molecule has 0 saturated carbocycles. The maximum Gasteiger partial charge on any atom is 0.195 e. The number of hydrogen-bond donors (Lipinski definition) is 0. The summed E-state index contributed by atoms with van der Waals surface area (Å²) in [6, 6.07) is 22.7. The molecule has 3 nitrogen and oxygen atoms in total. The number of benzene rings is 2. The van der Waals surface area contributed by atoms with Gasteiger partial charge < -0.3 is 0 Å². The van der Waals surface area contributed by atoms with Crippen LogP contribution in [0.3, 0.4) is 0 Å². The molecule has 2 aromatic carbocycles. The Kier molecular flexibility index (Phi) is 2.96. The maximum absolute atomic E-state index is 4.71. The number of pyridine rings is 1. The number of aromatic nitrogens is 3. The van der Waals surface area contributed by atoms with Crippen LogP contribution >= 0.6 is 11.3 Å². The minimum absolute atomic E-state index is 0.983. The topological polar surface area (TPSA) is 30.2 Å². The van der Waals surface area contributed by atoms with Gasteiger partial charge in [0.15, 0.2) is 4.96 Å². The summed E-state index contributed by atoms with van der Waals surface area (Å²) in [5, 5.41) is 2.17. The summed E-state index contributed by atoms with van der Waals surface area (Å²) in [6.45, 7) is 0. The molecule has 0 amide bonds. The fourth-order valence-electron chi connectivity index (χ4n) is 3.03. The van der Waals surface area contributed by atoms with Crippen molar-refractivity contribution in [3.63, 3.8) is 0 Å². The minimum atomic E-state index is 0.983. The van der Waals surface area contributed by atoms with Crippen LogP contribution in [0, 0.1) is 0 Å². The van der Waals surface area contributed by atoms with Crippen molar-refractivity contribution in [1.82, 2.24) is 14.4 Å². The van der Waals surface area contributed by atoms with E-state index in [4.69, 9.17) is 4.98 Å². The van der Waals surface area contributed by atoms with E-state index in [1.165, 1.54) is 0 Å². The van der Waals surface area contributed by atoms with Gasteiger partial charge in [-0.3, -0.25) is 9.38 Å². The van der Waals surface area contributed by atoms with Crippen LogP contribution in [0.25, 0.3) is 38.5 Å². The summed E-state index contributed by atoms with van der Waals surface area (Å²) in [7, 11) is 0. The monoisotopic (exact) mass is 327 g/mol. The lowest BCUT2D eigenvalue weighted by Crippen LogP contribution is -1.89. The molecule has 0 atom stereocenters. The number of thiazole rings is 1. The predicted molar refractivity (Wildman–Crippen MR) is 99.2 cm³/mol. The van der Waals surface area contributed by atoms with Crippen molar-refractivity contribution in [2.45, 2.75) is 0 Å². The average molecular weight is 327 g/mol. The Morgan fingerprint density at radius 3 is 2.58 bits per heavy atom. The van der Waals surface area contributed by atoms with E-state index in [2.05, 4.69) is 57.2 Å². The van der Waals surface area contributed by atoms with E-state index in [9.17, 15) is 0 Å². The minimum Gasteiger partial charge on any atom is -0.283 e. The Labute approximate surface area is 142 Å². The zero-order valence-electron chi connectivity index (χ0n) is 12.8. The van der Waals surface area contributed by atoms with E-state index in [1.807, 2.05) is 30.5 Å². The fourth-order valence-corrected chi connectivity index (χ4v) is 3.94. The molecule has 3 heterocycles. The van der Waals surface area contributed by atoms with Crippen LogP contribution in [0.15, 0.2) is 78.3 Å². The van der Waals surface area contributed by atoms with Crippen molar-refractivity contribution in [2.75, 3.05) is 0 Å². The first-order chi connectivity index (χ1) is 11.9. The highest BCUT2D eigenvalue weighted by Crippen LogP contribution is 2.31. The number of para-hydroxylation sites is 2. The zero-order valence-corrected chi connectivity index (χ0v) is 13.6. The molecule has 0 radical (unpaired) electrons. The number of hydrogen-bond acceptors (Lipinski definition) is 3. The Hall–Kier alpha value is -2.98. The van der Waals surface area contributed by atoms with Crippen molar-refractivity contribution in [2.24, 2.45) is 0 Å². The Morgan fingerprint density at radius 1 is 0.833 bits per heavy atom. The first-order valence-corrected chi connectivity index (χ1v) is 8.65. The van der Waals surface area contributed by atoms with E-state index in [-0.39, 0.29) is 0 Å². The highest BCUT2D eigenvalue weighted by Gasteiger charge is 2.12. The van der Waals surface area contributed by atoms with E-state index in [1.54, 1.807) is 11.3 Å². The van der Waals surface area contributed by atoms with E-state index < -0.39 is 0 Å². The van der Waals surface area contributed by atoms with E-state index in [0.717, 1.165) is 38.5 Å². The molecular weight excluding hydrogens is 314 g/mol. The van der Waals surface area contributed by atoms with Gasteiger partial charge in [0.25, 0.3) is 0 Å². The fraction of sp³-hybridized carbons (Fsp3) is 0. The second-order valence-electron chi connectivity index (χ2n) is 5.64. The van der Waals surface area contributed by atoms with Crippen LogP contribution in [0.4, 0.5) is 0 Å². The quantitative estimate of drug-likeness (QED) is 0.442. The van der Waals surface area contributed by atoms with Gasteiger partial charge in [-0.25, -0.2) is 4.98 Å². The van der Waals surface area contributed by atoms with Gasteiger partial charge in [-0.2, -0.15) is 0 Å². The van der Waals surface area contributed by atoms with Gasteiger partial charge in [0.1, 0.15) is 0 Å². The SMILES string of the molecule is c1ccc(-c2cc(-c3csc4nc5ccccc5n34)ccn2)cc1. The van der Waals surface area contributed by atoms with Crippen LogP contribution < -0.4 is 0 Å². The molecule has 0 fully saturated rings. The average Bonchev–Trinajstić information content (AvgIpc) is 3.22. The Bertz CT molecular complexity index is 1160. The lowest BCUT2D eigenvalue weighted by Gasteiger charge is -2.05. The van der Waals surface area contributed by atoms with Crippen LogP contribution in [0.2, 0.25) is 0 Å². The molecule has 0 aliphatic carbocycles. The summed E-state index contributed by atoms with van der Waals surface area (Å²) in [5.74, 6) is 0. The summed E-state index contributed by atoms with van der Waals surface area (Å²) >= 11 is 1.67. The third-order valence-corrected chi connectivity index (χ3v) is 5.00. The molecule has 24 heavy (non-hydrogen) atoms. The van der Waals surface area contributed by atoms with Gasteiger partial charge in [0.2, 0.25) is 0 Å². The molecule has 5 aromatic rings. The maximum atomic E-state index is 4.71. The van der Waals surface area contributed by atoms with Gasteiger partial charge in [0.05, 0.1) is 22.4 Å². The standard InChI is InChI=1S/C20H13N3S/c1-2-6-14(7-3-1)17-12-15(10-11-21-17)19-13-24-20-22-16-8-4-5-9-18(16)23(19)20/h1-13H. The predicted octanol–water partition coefficient (Wildman–Crippen LogP) is 5.28. The van der Waals surface area contributed by atoms with E-state index >= 15 is 0 Å². The molecule has 0 aliphatic heterocycles. The molecule has 0 unspecified atom stereocenters. The van der Waals surface area contributed by atoms with Crippen LogP contribution in [0.5, 0.6) is 0 Å². The highest BCUT2D eigenvalue weighted by molar-refractivity contribution is 7.15. The van der Waals surface area contributed by atoms with Crippen LogP contribution in [0.1, 0.15) is 0 Å². The van der Waals surface area contributed by atoms with Gasteiger partial charge in [0, 0.05) is 22.7 Å². The van der Waals surface area contributed by atoms with Gasteiger partial charge >= 0.3 is 0 Å². The molecule has 5 rings (SSSR count). The summed E-state index contributed by atoms with van der Waals surface area (Å²) < 4.78 is 2.23. The summed E-state index contributed by atoms with van der Waals surface area (Å²) in [5.41, 5.74) is 6.59. The van der Waals surface area contributed by atoms with Gasteiger partial charge in [-0.1, -0.05) is 42.5 Å². The largest absolute Gasteiger partial charge is 0.283 e. The molecule has 0 saturated heterocycles. The zero-order chi connectivity index (χ0) is 15.9. The van der Waals surface area contributed by atoms with E-state index in [0.29, 0.717) is 0 Å². The van der Waals surface area contributed by atoms with Gasteiger partial charge in [-0.05, 0) is 24.3 Å². The highest BCUT2D eigenvalue weighted by atomic mass is 32.1. The number of imidazole rings is 1. The van der Waals surface area contributed by atoms with Crippen molar-refractivity contribution in [3.8, 4) is 22.5 Å². The number of rotatable bonds is 2. The van der Waals surface area contributed by atoms with Crippen molar-refractivity contribution in [3.05, 3.63) is 78.3 Å². The molecule has 0 spiro atoms. The summed E-state index contributed by atoms with van der Waals surface area (Å²) in [6.07, 6.45) is 1.88. The first-order valence-electron chi connectivity index (χ1n) is 7.77. The molecular formula is C20H13N3S. The van der Waals surface area contributed by atoms with Crippen LogP contribution in [-0.2, 0) is 0 Å². The molecule has 0 bridgehead atoms.